The Balaban J connectivity index is 3.11. The number of amides is 2. The number of piperidine rings is 1. The van der Waals surface area contributed by atoms with Gasteiger partial charge in [0.1, 0.15) is 6.04 Å². The molecule has 34 heavy (non-hydrogen) atoms. The summed E-state index contributed by atoms with van der Waals surface area (Å²) in [6, 6.07) is -1.15. The molecule has 1 fully saturated rings. The maximum Gasteiger partial charge on any atom is 0.333 e. The summed E-state index contributed by atoms with van der Waals surface area (Å²) in [5, 5.41) is 3.10. The van der Waals surface area contributed by atoms with Gasteiger partial charge < -0.3 is 15.0 Å². The first-order valence-electron chi connectivity index (χ1n) is 13.0. The molecule has 0 aromatic carbocycles. The molecule has 3 atom stereocenters. The Kier molecular flexibility index (Phi) is 11.8. The van der Waals surface area contributed by atoms with Crippen LogP contribution in [0.4, 0.5) is 0 Å². The predicted molar refractivity (Wildman–Crippen MR) is 137 cm³/mol. The third-order valence-electron chi connectivity index (χ3n) is 7.17. The summed E-state index contributed by atoms with van der Waals surface area (Å²) < 4.78 is 5.10. The fourth-order valence-corrected chi connectivity index (χ4v) is 4.58. The molecule has 1 heterocycles. The number of hydrogen-bond donors (Lipinski definition) is 1. The van der Waals surface area contributed by atoms with Crippen LogP contribution in [0.3, 0.4) is 0 Å². The zero-order valence-electron chi connectivity index (χ0n) is 23.2. The average Bonchev–Trinajstić information content (AvgIpc) is 2.79. The SMILES string of the molecule is CCOC(=O)/C(C)=C/[C@H](C(C)C)N(C)C(=O)[C@@H](NC(=O)C1CCCCN1C(C)(C)CC)C(C)C. The highest BCUT2D eigenvalue weighted by atomic mass is 16.5. The van der Waals surface area contributed by atoms with Gasteiger partial charge in [-0.2, -0.15) is 0 Å². The second-order valence-corrected chi connectivity index (χ2v) is 10.9. The van der Waals surface area contributed by atoms with Crippen molar-refractivity contribution in [3.05, 3.63) is 11.6 Å². The van der Waals surface area contributed by atoms with Crippen molar-refractivity contribution in [2.75, 3.05) is 20.2 Å². The second-order valence-electron chi connectivity index (χ2n) is 10.9. The minimum Gasteiger partial charge on any atom is -0.463 e. The number of ether oxygens (including phenoxy) is 1. The number of likely N-dealkylation sites (N-methyl/N-ethyl adjacent to an activating group) is 1. The number of likely N-dealkylation sites (tertiary alicyclic amines) is 1. The fourth-order valence-electron chi connectivity index (χ4n) is 4.58. The van der Waals surface area contributed by atoms with Crippen molar-refractivity contribution in [2.45, 2.75) is 112 Å². The van der Waals surface area contributed by atoms with Crippen LogP contribution in [0.5, 0.6) is 0 Å². The van der Waals surface area contributed by atoms with Crippen molar-refractivity contribution >= 4 is 17.8 Å². The maximum atomic E-state index is 13.6. The van der Waals surface area contributed by atoms with Crippen LogP contribution < -0.4 is 5.32 Å². The Hall–Kier alpha value is -1.89. The van der Waals surface area contributed by atoms with Crippen LogP contribution in [-0.4, -0.2) is 71.4 Å². The quantitative estimate of drug-likeness (QED) is 0.356. The Morgan fingerprint density at radius 2 is 1.74 bits per heavy atom. The Morgan fingerprint density at radius 1 is 1.12 bits per heavy atom. The van der Waals surface area contributed by atoms with Gasteiger partial charge in [0.25, 0.3) is 0 Å². The number of rotatable bonds is 11. The van der Waals surface area contributed by atoms with E-state index in [2.05, 4.69) is 31.0 Å². The summed E-state index contributed by atoms with van der Waals surface area (Å²) >= 11 is 0. The van der Waals surface area contributed by atoms with Crippen molar-refractivity contribution in [1.29, 1.82) is 0 Å². The van der Waals surface area contributed by atoms with E-state index in [-0.39, 0.29) is 47.2 Å². The van der Waals surface area contributed by atoms with E-state index in [4.69, 9.17) is 4.74 Å². The molecule has 2 amide bonds. The lowest BCUT2D eigenvalue weighted by atomic mass is 9.90. The van der Waals surface area contributed by atoms with E-state index in [0.717, 1.165) is 32.2 Å². The number of esters is 1. The van der Waals surface area contributed by atoms with Gasteiger partial charge in [-0.25, -0.2) is 4.79 Å². The van der Waals surface area contributed by atoms with E-state index in [9.17, 15) is 14.4 Å². The number of carbonyl (C=O) groups is 3. The van der Waals surface area contributed by atoms with Crippen molar-refractivity contribution in [3.8, 4) is 0 Å². The van der Waals surface area contributed by atoms with Gasteiger partial charge in [-0.3, -0.25) is 14.5 Å². The summed E-state index contributed by atoms with van der Waals surface area (Å²) in [5.41, 5.74) is 0.402. The largest absolute Gasteiger partial charge is 0.463 e. The number of hydrogen-bond acceptors (Lipinski definition) is 5. The molecule has 0 bridgehead atoms. The molecule has 1 rings (SSSR count). The fraction of sp³-hybridized carbons (Fsp3) is 0.815. The van der Waals surface area contributed by atoms with Crippen LogP contribution in [0.25, 0.3) is 0 Å². The monoisotopic (exact) mass is 479 g/mol. The summed E-state index contributed by atoms with van der Waals surface area (Å²) in [5.74, 6) is -0.578. The van der Waals surface area contributed by atoms with Crippen molar-refractivity contribution in [2.24, 2.45) is 11.8 Å². The summed E-state index contributed by atoms with van der Waals surface area (Å²) in [7, 11) is 1.75. The van der Waals surface area contributed by atoms with Gasteiger partial charge in [-0.05, 0) is 65.3 Å². The summed E-state index contributed by atoms with van der Waals surface area (Å²) in [6.07, 6.45) is 5.66. The van der Waals surface area contributed by atoms with Gasteiger partial charge in [0.05, 0.1) is 18.7 Å². The minimum absolute atomic E-state index is 0.0685. The molecule has 1 unspecified atom stereocenters. The molecule has 1 saturated heterocycles. The van der Waals surface area contributed by atoms with Crippen LogP contribution in [-0.2, 0) is 19.1 Å². The normalized spacial score (nSPS) is 19.6. The number of nitrogens with zero attached hydrogens (tertiary/aromatic N) is 2. The van der Waals surface area contributed by atoms with Gasteiger partial charge in [0, 0.05) is 18.2 Å². The Labute approximate surface area is 207 Å². The standard InChI is InChI=1S/C27H49N3O4/c1-11-27(8,9)30-16-14-13-15-21(30)24(31)28-23(19(5)6)25(32)29(10)22(18(3)4)17-20(7)26(33)34-12-2/h17-19,21-23H,11-16H2,1-10H3,(H,28,31)/b20-17+/t21?,22-,23+/m1/s1. The highest BCUT2D eigenvalue weighted by Gasteiger charge is 2.39. The maximum absolute atomic E-state index is 13.6. The van der Waals surface area contributed by atoms with Crippen LogP contribution in [0.2, 0.25) is 0 Å². The van der Waals surface area contributed by atoms with Crippen LogP contribution in [0.15, 0.2) is 11.6 Å². The lowest BCUT2D eigenvalue weighted by molar-refractivity contribution is -0.141. The summed E-state index contributed by atoms with van der Waals surface area (Å²) in [4.78, 5) is 43.2. The first-order valence-corrected chi connectivity index (χ1v) is 13.0. The van der Waals surface area contributed by atoms with E-state index in [1.165, 1.54) is 0 Å². The smallest absolute Gasteiger partial charge is 0.333 e. The molecule has 0 saturated carbocycles. The third-order valence-corrected chi connectivity index (χ3v) is 7.17. The molecule has 0 aromatic heterocycles. The number of carbonyl (C=O) groups excluding carboxylic acids is 3. The van der Waals surface area contributed by atoms with E-state index < -0.39 is 6.04 Å². The van der Waals surface area contributed by atoms with Crippen LogP contribution >= 0.6 is 0 Å². The average molecular weight is 480 g/mol. The predicted octanol–water partition coefficient (Wildman–Crippen LogP) is 4.16. The Bertz CT molecular complexity index is 729. The first-order chi connectivity index (χ1) is 15.8. The summed E-state index contributed by atoms with van der Waals surface area (Å²) in [6.45, 7) is 19.1. The van der Waals surface area contributed by atoms with Gasteiger partial charge in [-0.1, -0.05) is 47.1 Å². The molecule has 7 nitrogen and oxygen atoms in total. The first kappa shape index (κ1) is 30.1. The molecule has 1 N–H and O–H groups in total. The van der Waals surface area contributed by atoms with Gasteiger partial charge in [0.2, 0.25) is 11.8 Å². The highest BCUT2D eigenvalue weighted by Crippen LogP contribution is 2.28. The van der Waals surface area contributed by atoms with Gasteiger partial charge in [-0.15, -0.1) is 0 Å². The molecule has 196 valence electrons. The van der Waals surface area contributed by atoms with Crippen molar-refractivity contribution in [1.82, 2.24) is 15.1 Å². The highest BCUT2D eigenvalue weighted by molar-refractivity contribution is 5.91. The molecule has 0 spiro atoms. The molecule has 1 aliphatic rings. The van der Waals surface area contributed by atoms with Crippen molar-refractivity contribution < 1.29 is 19.1 Å². The molecule has 7 heteroatoms. The third kappa shape index (κ3) is 7.82. The van der Waals surface area contributed by atoms with E-state index in [1.54, 1.807) is 31.9 Å². The van der Waals surface area contributed by atoms with E-state index >= 15 is 0 Å². The second kappa shape index (κ2) is 13.3. The van der Waals surface area contributed by atoms with Gasteiger partial charge >= 0.3 is 5.97 Å². The molecule has 0 radical (unpaired) electrons. The molecular weight excluding hydrogens is 430 g/mol. The van der Waals surface area contributed by atoms with E-state index in [0.29, 0.717) is 12.2 Å². The molecule has 1 aliphatic heterocycles. The topological polar surface area (TPSA) is 79.0 Å². The minimum atomic E-state index is -0.636. The zero-order valence-corrected chi connectivity index (χ0v) is 23.2. The van der Waals surface area contributed by atoms with Gasteiger partial charge in [0.15, 0.2) is 0 Å². The van der Waals surface area contributed by atoms with E-state index in [1.807, 2.05) is 27.7 Å². The van der Waals surface area contributed by atoms with Crippen LogP contribution in [0.1, 0.15) is 88.0 Å². The van der Waals surface area contributed by atoms with Crippen molar-refractivity contribution in [3.63, 3.8) is 0 Å². The Morgan fingerprint density at radius 3 is 2.24 bits per heavy atom. The lowest BCUT2D eigenvalue weighted by Gasteiger charge is -2.45. The lowest BCUT2D eigenvalue weighted by Crippen LogP contribution is -2.61. The van der Waals surface area contributed by atoms with Crippen LogP contribution in [0, 0.1) is 11.8 Å². The zero-order chi connectivity index (χ0) is 26.2. The molecular formula is C27H49N3O4. The molecule has 0 aliphatic carbocycles. The molecule has 0 aromatic rings. The number of nitrogens with one attached hydrogen (secondary N) is 1.